The van der Waals surface area contributed by atoms with Crippen molar-refractivity contribution in [2.45, 2.75) is 13.3 Å². The largest absolute Gasteiger partial charge is 0.292 e. The summed E-state index contributed by atoms with van der Waals surface area (Å²) in [6, 6.07) is 5.77. The number of nitrogens with zero attached hydrogens (tertiary/aromatic N) is 2. The number of thiophene rings is 1. The van der Waals surface area contributed by atoms with E-state index < -0.39 is 0 Å². The molecule has 0 amide bonds. The van der Waals surface area contributed by atoms with Crippen molar-refractivity contribution in [3.05, 3.63) is 39.8 Å². The van der Waals surface area contributed by atoms with Crippen molar-refractivity contribution in [3.8, 4) is 0 Å². The van der Waals surface area contributed by atoms with Crippen LogP contribution in [0, 0.1) is 6.92 Å². The Balaban J connectivity index is 2.18. The first-order valence-corrected chi connectivity index (χ1v) is 5.61. The molecule has 0 N–H and O–H groups in total. The van der Waals surface area contributed by atoms with Crippen molar-refractivity contribution >= 4 is 17.1 Å². The van der Waals surface area contributed by atoms with Gasteiger partial charge in [-0.1, -0.05) is 6.07 Å². The number of Topliss-reactive ketones (excluding diaryl/α,β-unsaturated/α-hetero) is 1. The molecule has 2 heterocycles. The molecular formula is C11H12N2OS. The highest BCUT2D eigenvalue weighted by molar-refractivity contribution is 7.10. The van der Waals surface area contributed by atoms with Crippen LogP contribution < -0.4 is 0 Å². The summed E-state index contributed by atoms with van der Waals surface area (Å²) in [5.41, 5.74) is 1.56. The summed E-state index contributed by atoms with van der Waals surface area (Å²) in [6.45, 7) is 1.89. The average Bonchev–Trinajstić information content (AvgIpc) is 2.75. The molecule has 2 rings (SSSR count). The highest BCUT2D eigenvalue weighted by Gasteiger charge is 2.12. The fraction of sp³-hybridized carbons (Fsp3) is 0.273. The normalized spacial score (nSPS) is 10.5. The zero-order chi connectivity index (χ0) is 10.8. The number of ketones is 1. The van der Waals surface area contributed by atoms with E-state index in [-0.39, 0.29) is 5.78 Å². The topological polar surface area (TPSA) is 34.9 Å². The lowest BCUT2D eigenvalue weighted by Gasteiger charge is -1.98. The Morgan fingerprint density at radius 2 is 2.40 bits per heavy atom. The van der Waals surface area contributed by atoms with Gasteiger partial charge in [-0.3, -0.25) is 9.48 Å². The maximum absolute atomic E-state index is 11.9. The quantitative estimate of drug-likeness (QED) is 0.743. The molecule has 0 aromatic carbocycles. The SMILES string of the molecule is Cc1cc(C(=O)Cc2cccs2)n(C)n1. The van der Waals surface area contributed by atoms with Gasteiger partial charge in [-0.2, -0.15) is 5.10 Å². The minimum absolute atomic E-state index is 0.126. The fourth-order valence-electron chi connectivity index (χ4n) is 1.53. The molecule has 3 nitrogen and oxygen atoms in total. The van der Waals surface area contributed by atoms with Crippen LogP contribution in [0.5, 0.6) is 0 Å². The second kappa shape index (κ2) is 3.98. The number of carbonyl (C=O) groups is 1. The van der Waals surface area contributed by atoms with Crippen LogP contribution in [0.2, 0.25) is 0 Å². The van der Waals surface area contributed by atoms with E-state index in [9.17, 15) is 4.79 Å². The predicted octanol–water partition coefficient (Wildman–Crippen LogP) is 2.22. The lowest BCUT2D eigenvalue weighted by Crippen LogP contribution is -2.08. The Hall–Kier alpha value is -1.42. The fourth-order valence-corrected chi connectivity index (χ4v) is 2.24. The van der Waals surface area contributed by atoms with E-state index in [0.717, 1.165) is 10.6 Å². The molecule has 0 radical (unpaired) electrons. The maximum Gasteiger partial charge on any atom is 0.186 e. The van der Waals surface area contributed by atoms with Crippen LogP contribution in [0.3, 0.4) is 0 Å². The van der Waals surface area contributed by atoms with E-state index in [4.69, 9.17) is 0 Å². The second-order valence-electron chi connectivity index (χ2n) is 3.47. The van der Waals surface area contributed by atoms with E-state index in [1.54, 1.807) is 23.1 Å². The van der Waals surface area contributed by atoms with E-state index in [0.29, 0.717) is 12.1 Å². The lowest BCUT2D eigenvalue weighted by molar-refractivity contribution is 0.0985. The van der Waals surface area contributed by atoms with Crippen molar-refractivity contribution in [3.63, 3.8) is 0 Å². The first kappa shape index (κ1) is 10.1. The zero-order valence-corrected chi connectivity index (χ0v) is 9.54. The number of carbonyl (C=O) groups excluding carboxylic acids is 1. The second-order valence-corrected chi connectivity index (χ2v) is 4.51. The molecule has 2 aromatic rings. The van der Waals surface area contributed by atoms with Gasteiger partial charge in [0.2, 0.25) is 0 Å². The first-order valence-electron chi connectivity index (χ1n) is 4.73. The number of rotatable bonds is 3. The molecule has 15 heavy (non-hydrogen) atoms. The van der Waals surface area contributed by atoms with Crippen molar-refractivity contribution in [2.75, 3.05) is 0 Å². The number of hydrogen-bond acceptors (Lipinski definition) is 3. The Kier molecular flexibility index (Phi) is 2.68. The van der Waals surface area contributed by atoms with Gasteiger partial charge < -0.3 is 0 Å². The summed E-state index contributed by atoms with van der Waals surface area (Å²) < 4.78 is 1.64. The van der Waals surface area contributed by atoms with Crippen LogP contribution in [0.4, 0.5) is 0 Å². The van der Waals surface area contributed by atoms with Gasteiger partial charge in [-0.25, -0.2) is 0 Å². The molecule has 0 aliphatic heterocycles. The Bertz CT molecular complexity index is 471. The maximum atomic E-state index is 11.9. The predicted molar refractivity (Wildman–Crippen MR) is 60.3 cm³/mol. The third-order valence-corrected chi connectivity index (χ3v) is 3.08. The first-order chi connectivity index (χ1) is 7.16. The van der Waals surface area contributed by atoms with Gasteiger partial charge >= 0.3 is 0 Å². The minimum Gasteiger partial charge on any atom is -0.292 e. The Labute approximate surface area is 92.4 Å². The highest BCUT2D eigenvalue weighted by atomic mass is 32.1. The summed E-state index contributed by atoms with van der Waals surface area (Å²) in [5.74, 6) is 0.126. The van der Waals surface area contributed by atoms with Gasteiger partial charge in [0.15, 0.2) is 5.78 Å². The summed E-state index contributed by atoms with van der Waals surface area (Å²) in [7, 11) is 1.80. The van der Waals surface area contributed by atoms with E-state index in [1.807, 2.05) is 30.5 Å². The minimum atomic E-state index is 0.126. The van der Waals surface area contributed by atoms with Crippen LogP contribution in [-0.4, -0.2) is 15.6 Å². The molecular weight excluding hydrogens is 208 g/mol. The van der Waals surface area contributed by atoms with Crippen molar-refractivity contribution in [1.29, 1.82) is 0 Å². The number of aromatic nitrogens is 2. The van der Waals surface area contributed by atoms with Gasteiger partial charge in [0, 0.05) is 18.3 Å². The lowest BCUT2D eigenvalue weighted by atomic mass is 10.2. The van der Waals surface area contributed by atoms with Crippen LogP contribution >= 0.6 is 11.3 Å². The highest BCUT2D eigenvalue weighted by Crippen LogP contribution is 2.13. The standard InChI is InChI=1S/C11H12N2OS/c1-8-6-10(13(2)12-8)11(14)7-9-4-3-5-15-9/h3-6H,7H2,1-2H3. The molecule has 0 unspecified atom stereocenters. The summed E-state index contributed by atoms with van der Waals surface area (Å²) in [6.07, 6.45) is 0.469. The molecule has 0 saturated heterocycles. The summed E-state index contributed by atoms with van der Waals surface area (Å²) >= 11 is 1.61. The molecule has 2 aromatic heterocycles. The molecule has 0 aliphatic carbocycles. The van der Waals surface area contributed by atoms with E-state index in [2.05, 4.69) is 5.10 Å². The summed E-state index contributed by atoms with van der Waals surface area (Å²) in [4.78, 5) is 13.0. The van der Waals surface area contributed by atoms with Crippen LogP contribution in [0.15, 0.2) is 23.6 Å². The van der Waals surface area contributed by atoms with Gasteiger partial charge in [0.25, 0.3) is 0 Å². The van der Waals surface area contributed by atoms with Crippen LogP contribution in [0.25, 0.3) is 0 Å². The molecule has 0 spiro atoms. The third-order valence-electron chi connectivity index (χ3n) is 2.20. The molecule has 0 saturated carbocycles. The molecule has 0 atom stereocenters. The number of aryl methyl sites for hydroxylation is 2. The monoisotopic (exact) mass is 220 g/mol. The molecule has 0 bridgehead atoms. The van der Waals surface area contributed by atoms with Crippen molar-refractivity contribution < 1.29 is 4.79 Å². The van der Waals surface area contributed by atoms with Crippen molar-refractivity contribution in [2.24, 2.45) is 7.05 Å². The Morgan fingerprint density at radius 3 is 2.93 bits per heavy atom. The smallest absolute Gasteiger partial charge is 0.186 e. The Morgan fingerprint density at radius 1 is 1.60 bits per heavy atom. The van der Waals surface area contributed by atoms with Crippen LogP contribution in [-0.2, 0) is 13.5 Å². The molecule has 78 valence electrons. The van der Waals surface area contributed by atoms with Gasteiger partial charge in [0.05, 0.1) is 5.69 Å². The number of hydrogen-bond donors (Lipinski definition) is 0. The third kappa shape index (κ3) is 2.15. The summed E-state index contributed by atoms with van der Waals surface area (Å²) in [5, 5.41) is 6.14. The van der Waals surface area contributed by atoms with Gasteiger partial charge in [0.1, 0.15) is 5.69 Å². The zero-order valence-electron chi connectivity index (χ0n) is 8.73. The van der Waals surface area contributed by atoms with Crippen LogP contribution in [0.1, 0.15) is 21.1 Å². The van der Waals surface area contributed by atoms with E-state index >= 15 is 0 Å². The van der Waals surface area contributed by atoms with Gasteiger partial charge in [-0.05, 0) is 24.4 Å². The van der Waals surface area contributed by atoms with Crippen molar-refractivity contribution in [1.82, 2.24) is 9.78 Å². The van der Waals surface area contributed by atoms with E-state index in [1.165, 1.54) is 0 Å². The molecule has 0 aliphatic rings. The van der Waals surface area contributed by atoms with Gasteiger partial charge in [-0.15, -0.1) is 11.3 Å². The molecule has 4 heteroatoms. The molecule has 0 fully saturated rings. The average molecular weight is 220 g/mol.